The van der Waals surface area contributed by atoms with Crippen molar-refractivity contribution in [2.45, 2.75) is 0 Å². The molecule has 0 aromatic heterocycles. The third-order valence-corrected chi connectivity index (χ3v) is 1.09. The normalized spacial score (nSPS) is 7.85. The molecule has 4 nitrogen and oxygen atoms in total. The Kier molecular flexibility index (Phi) is 41.5. The first-order chi connectivity index (χ1) is 4.91. The summed E-state index contributed by atoms with van der Waals surface area (Å²) in [6.45, 7) is 4.22. The van der Waals surface area contributed by atoms with Gasteiger partial charge in [0, 0.05) is 32.7 Å². The fraction of sp³-hybridized carbons (Fsp3) is 1.00. The van der Waals surface area contributed by atoms with Crippen LogP contribution in [0, 0.1) is 0 Å². The number of halogens is 3. The molecule has 0 aliphatic heterocycles. The Morgan fingerprint density at radius 3 is 1.69 bits per heavy atom. The fourth-order valence-corrected chi connectivity index (χ4v) is 0.608. The van der Waals surface area contributed by atoms with E-state index in [0.29, 0.717) is 13.1 Å². The van der Waals surface area contributed by atoms with Crippen molar-refractivity contribution in [2.24, 2.45) is 5.73 Å². The van der Waals surface area contributed by atoms with Crippen molar-refractivity contribution < 1.29 is 5.11 Å². The van der Waals surface area contributed by atoms with Crippen molar-refractivity contribution in [1.29, 1.82) is 0 Å². The predicted molar refractivity (Wildman–Crippen MR) is 63.6 cm³/mol. The summed E-state index contributed by atoms with van der Waals surface area (Å²) < 4.78 is 0. The summed E-state index contributed by atoms with van der Waals surface area (Å²) in [4.78, 5) is 0. The van der Waals surface area contributed by atoms with Gasteiger partial charge in [0.25, 0.3) is 0 Å². The van der Waals surface area contributed by atoms with Gasteiger partial charge >= 0.3 is 0 Å². The Bertz CT molecular complexity index is 63.1. The van der Waals surface area contributed by atoms with Crippen LogP contribution in [0.2, 0.25) is 0 Å². The van der Waals surface area contributed by atoms with Crippen LogP contribution in [-0.4, -0.2) is 44.4 Å². The fourth-order valence-electron chi connectivity index (χ4n) is 0.608. The van der Waals surface area contributed by atoms with Crippen molar-refractivity contribution in [1.82, 2.24) is 10.6 Å². The van der Waals surface area contributed by atoms with E-state index in [1.165, 1.54) is 0 Å². The third kappa shape index (κ3) is 24.5. The summed E-state index contributed by atoms with van der Waals surface area (Å²) in [5, 5.41) is 14.5. The van der Waals surface area contributed by atoms with Crippen LogP contribution >= 0.6 is 37.2 Å². The molecule has 0 saturated heterocycles. The lowest BCUT2D eigenvalue weighted by molar-refractivity contribution is 0.292. The van der Waals surface area contributed by atoms with E-state index < -0.39 is 0 Å². The van der Waals surface area contributed by atoms with Gasteiger partial charge in [0.1, 0.15) is 0 Å². The molecule has 0 aliphatic rings. The van der Waals surface area contributed by atoms with Crippen LogP contribution in [0.5, 0.6) is 0 Å². The van der Waals surface area contributed by atoms with Crippen molar-refractivity contribution in [3.8, 4) is 0 Å². The lowest BCUT2D eigenvalue weighted by Crippen LogP contribution is -2.31. The highest BCUT2D eigenvalue weighted by Gasteiger charge is 1.84. The molecule has 0 aromatic rings. The van der Waals surface area contributed by atoms with Crippen molar-refractivity contribution in [3.63, 3.8) is 0 Å². The smallest absolute Gasteiger partial charge is 0.0555 e. The number of nitrogens with two attached hydrogens (primary N) is 1. The Morgan fingerprint density at radius 1 is 0.846 bits per heavy atom. The summed E-state index contributed by atoms with van der Waals surface area (Å²) in [6.07, 6.45) is 0. The van der Waals surface area contributed by atoms with Gasteiger partial charge in [0.2, 0.25) is 0 Å². The second kappa shape index (κ2) is 23.0. The Balaban J connectivity index is -0.000000135. The Morgan fingerprint density at radius 2 is 1.31 bits per heavy atom. The Labute approximate surface area is 98.3 Å². The zero-order valence-corrected chi connectivity index (χ0v) is 9.94. The molecule has 0 spiro atoms. The van der Waals surface area contributed by atoms with E-state index in [2.05, 4.69) is 10.6 Å². The average Bonchev–Trinajstić information content (AvgIpc) is 1.97. The number of hydrogen-bond donors (Lipinski definition) is 4. The Hall–Kier alpha value is 0.710. The van der Waals surface area contributed by atoms with Crippen LogP contribution in [0.3, 0.4) is 0 Å². The average molecular weight is 257 g/mol. The molecule has 0 atom stereocenters. The predicted octanol–water partition coefficient (Wildman–Crippen LogP) is -0.618. The largest absolute Gasteiger partial charge is 0.395 e. The molecule has 86 valence electrons. The molecular formula is C6H20Cl3N3O. The summed E-state index contributed by atoms with van der Waals surface area (Å²) in [5.74, 6) is 0. The van der Waals surface area contributed by atoms with Crippen molar-refractivity contribution >= 4 is 37.2 Å². The van der Waals surface area contributed by atoms with Gasteiger partial charge in [0.05, 0.1) is 6.61 Å². The molecule has 0 saturated carbocycles. The number of aliphatic hydroxyl groups excluding tert-OH is 1. The molecule has 0 rings (SSSR count). The second-order valence-corrected chi connectivity index (χ2v) is 2.01. The van der Waals surface area contributed by atoms with Crippen molar-refractivity contribution in [2.75, 3.05) is 39.3 Å². The maximum Gasteiger partial charge on any atom is 0.0555 e. The number of aliphatic hydroxyl groups is 1. The molecule has 0 heterocycles. The lowest BCUT2D eigenvalue weighted by atomic mass is 10.5. The van der Waals surface area contributed by atoms with Crippen LogP contribution in [0.15, 0.2) is 0 Å². The van der Waals surface area contributed by atoms with E-state index >= 15 is 0 Å². The maximum absolute atomic E-state index is 8.37. The van der Waals surface area contributed by atoms with Crippen LogP contribution < -0.4 is 16.4 Å². The second-order valence-electron chi connectivity index (χ2n) is 2.01. The van der Waals surface area contributed by atoms with Gasteiger partial charge in [-0.3, -0.25) is 0 Å². The molecule has 0 unspecified atom stereocenters. The summed E-state index contributed by atoms with van der Waals surface area (Å²) in [7, 11) is 0. The van der Waals surface area contributed by atoms with Gasteiger partial charge in [0.15, 0.2) is 0 Å². The van der Waals surface area contributed by atoms with Gasteiger partial charge in [-0.05, 0) is 0 Å². The number of hydrogen-bond acceptors (Lipinski definition) is 4. The van der Waals surface area contributed by atoms with Gasteiger partial charge in [-0.2, -0.15) is 0 Å². The van der Waals surface area contributed by atoms with Crippen LogP contribution in [-0.2, 0) is 0 Å². The van der Waals surface area contributed by atoms with E-state index in [1.54, 1.807) is 0 Å². The van der Waals surface area contributed by atoms with E-state index in [-0.39, 0.29) is 43.8 Å². The summed E-state index contributed by atoms with van der Waals surface area (Å²) >= 11 is 0. The molecule has 13 heavy (non-hydrogen) atoms. The van der Waals surface area contributed by atoms with Gasteiger partial charge in [-0.15, -0.1) is 37.2 Å². The highest BCUT2D eigenvalue weighted by Crippen LogP contribution is 1.58. The van der Waals surface area contributed by atoms with Crippen LogP contribution in [0.4, 0.5) is 0 Å². The molecule has 0 amide bonds. The van der Waals surface area contributed by atoms with E-state index in [9.17, 15) is 0 Å². The van der Waals surface area contributed by atoms with Crippen LogP contribution in [0.1, 0.15) is 0 Å². The SMILES string of the molecule is Cl.Cl.Cl.NCCNCCNCCO. The molecule has 7 heteroatoms. The maximum atomic E-state index is 8.37. The van der Waals surface area contributed by atoms with Crippen LogP contribution in [0.25, 0.3) is 0 Å². The zero-order chi connectivity index (χ0) is 7.66. The molecule has 0 fully saturated rings. The van der Waals surface area contributed by atoms with E-state index in [4.69, 9.17) is 10.8 Å². The zero-order valence-electron chi connectivity index (χ0n) is 7.49. The molecule has 0 aliphatic carbocycles. The van der Waals surface area contributed by atoms with Gasteiger partial charge in [-0.1, -0.05) is 0 Å². The molecule has 5 N–H and O–H groups in total. The molecular weight excluding hydrogens is 236 g/mol. The molecule has 0 radical (unpaired) electrons. The summed E-state index contributed by atoms with van der Waals surface area (Å²) in [5.41, 5.74) is 5.25. The standard InChI is InChI=1S/C6H17N3O.3ClH/c7-1-2-8-3-4-9-5-6-10;;;/h8-10H,1-7H2;3*1H. The first-order valence-corrected chi connectivity index (χ1v) is 3.64. The molecule has 0 aromatic carbocycles. The highest BCUT2D eigenvalue weighted by molar-refractivity contribution is 5.86. The quantitative estimate of drug-likeness (QED) is 0.459. The lowest BCUT2D eigenvalue weighted by Gasteiger charge is -2.02. The highest BCUT2D eigenvalue weighted by atomic mass is 35.5. The minimum atomic E-state index is 0. The third-order valence-electron chi connectivity index (χ3n) is 1.09. The first kappa shape index (κ1) is 23.5. The first-order valence-electron chi connectivity index (χ1n) is 3.64. The van der Waals surface area contributed by atoms with Gasteiger partial charge in [-0.25, -0.2) is 0 Å². The number of rotatable bonds is 7. The van der Waals surface area contributed by atoms with Crippen molar-refractivity contribution in [3.05, 3.63) is 0 Å². The van der Waals surface area contributed by atoms with E-state index in [0.717, 1.165) is 19.6 Å². The molecule has 0 bridgehead atoms. The summed E-state index contributed by atoms with van der Waals surface area (Å²) in [6, 6.07) is 0. The monoisotopic (exact) mass is 255 g/mol. The topological polar surface area (TPSA) is 70.3 Å². The minimum absolute atomic E-state index is 0. The van der Waals surface area contributed by atoms with Gasteiger partial charge < -0.3 is 21.5 Å². The minimum Gasteiger partial charge on any atom is -0.395 e. The van der Waals surface area contributed by atoms with E-state index in [1.807, 2.05) is 0 Å². The number of nitrogens with one attached hydrogen (secondary N) is 2.